The molecule has 0 aliphatic carbocycles. The van der Waals surface area contributed by atoms with Crippen molar-refractivity contribution in [2.45, 2.75) is 13.3 Å². The number of ether oxygens (including phenoxy) is 2. The van der Waals surface area contributed by atoms with Crippen LogP contribution < -0.4 is 14.8 Å². The van der Waals surface area contributed by atoms with Gasteiger partial charge >= 0.3 is 0 Å². The zero-order valence-corrected chi connectivity index (χ0v) is 15.7. The average Bonchev–Trinajstić information content (AvgIpc) is 3.09. The third kappa shape index (κ3) is 4.40. The predicted molar refractivity (Wildman–Crippen MR) is 104 cm³/mol. The van der Waals surface area contributed by atoms with Crippen molar-refractivity contribution in [1.82, 2.24) is 4.98 Å². The van der Waals surface area contributed by atoms with Crippen molar-refractivity contribution in [3.8, 4) is 11.5 Å². The van der Waals surface area contributed by atoms with Crippen LogP contribution in [0.3, 0.4) is 0 Å². The Bertz CT molecular complexity index is 881. The lowest BCUT2D eigenvalue weighted by Gasteiger charge is -2.08. The van der Waals surface area contributed by atoms with Gasteiger partial charge in [0.2, 0.25) is 0 Å². The molecule has 3 aromatic rings. The molecule has 1 amide bonds. The van der Waals surface area contributed by atoms with Gasteiger partial charge in [0.25, 0.3) is 5.91 Å². The van der Waals surface area contributed by atoms with Crippen LogP contribution in [0, 0.1) is 6.92 Å². The van der Waals surface area contributed by atoms with E-state index in [0.717, 1.165) is 11.3 Å². The van der Waals surface area contributed by atoms with Gasteiger partial charge in [0.15, 0.2) is 5.13 Å². The van der Waals surface area contributed by atoms with E-state index in [2.05, 4.69) is 41.5 Å². The molecule has 1 N–H and O–H groups in total. The van der Waals surface area contributed by atoms with Gasteiger partial charge in [0, 0.05) is 29.1 Å². The van der Waals surface area contributed by atoms with Crippen LogP contribution in [0.2, 0.25) is 0 Å². The van der Waals surface area contributed by atoms with E-state index in [-0.39, 0.29) is 5.91 Å². The summed E-state index contributed by atoms with van der Waals surface area (Å²) in [6.45, 7) is 2.07. The first-order valence-corrected chi connectivity index (χ1v) is 8.93. The molecule has 134 valence electrons. The van der Waals surface area contributed by atoms with Crippen molar-refractivity contribution in [3.05, 3.63) is 70.2 Å². The van der Waals surface area contributed by atoms with E-state index in [4.69, 9.17) is 9.47 Å². The van der Waals surface area contributed by atoms with Crippen molar-refractivity contribution in [2.24, 2.45) is 0 Å². The normalized spacial score (nSPS) is 10.4. The minimum atomic E-state index is -0.251. The Labute approximate surface area is 156 Å². The monoisotopic (exact) mass is 368 g/mol. The van der Waals surface area contributed by atoms with Gasteiger partial charge in [-0.2, -0.15) is 0 Å². The molecule has 0 fully saturated rings. The second-order valence-corrected chi connectivity index (χ2v) is 6.96. The van der Waals surface area contributed by atoms with Crippen LogP contribution >= 0.6 is 11.3 Å². The number of hydrogen-bond acceptors (Lipinski definition) is 5. The molecule has 0 spiro atoms. The summed E-state index contributed by atoms with van der Waals surface area (Å²) in [5.41, 5.74) is 2.91. The van der Waals surface area contributed by atoms with Crippen molar-refractivity contribution in [2.75, 3.05) is 19.5 Å². The van der Waals surface area contributed by atoms with Crippen LogP contribution in [-0.4, -0.2) is 25.1 Å². The Morgan fingerprint density at radius 1 is 1.08 bits per heavy atom. The molecule has 1 aromatic heterocycles. The number of rotatable bonds is 6. The Morgan fingerprint density at radius 3 is 2.35 bits per heavy atom. The molecule has 5 nitrogen and oxygen atoms in total. The fourth-order valence-electron chi connectivity index (χ4n) is 2.46. The van der Waals surface area contributed by atoms with Crippen molar-refractivity contribution in [3.63, 3.8) is 0 Å². The van der Waals surface area contributed by atoms with E-state index < -0.39 is 0 Å². The molecular weight excluding hydrogens is 348 g/mol. The summed E-state index contributed by atoms with van der Waals surface area (Å²) in [6, 6.07) is 13.5. The Hall–Kier alpha value is -2.86. The van der Waals surface area contributed by atoms with Crippen LogP contribution in [0.15, 0.2) is 48.7 Å². The number of aryl methyl sites for hydroxylation is 1. The van der Waals surface area contributed by atoms with E-state index in [9.17, 15) is 4.79 Å². The summed E-state index contributed by atoms with van der Waals surface area (Å²) < 4.78 is 10.4. The van der Waals surface area contributed by atoms with E-state index >= 15 is 0 Å². The van der Waals surface area contributed by atoms with Crippen molar-refractivity contribution < 1.29 is 14.3 Å². The number of thiazole rings is 1. The molecule has 0 radical (unpaired) electrons. The van der Waals surface area contributed by atoms with E-state index in [1.807, 2.05) is 0 Å². The third-order valence-corrected chi connectivity index (χ3v) is 4.80. The van der Waals surface area contributed by atoms with Crippen molar-refractivity contribution >= 4 is 22.4 Å². The van der Waals surface area contributed by atoms with Gasteiger partial charge in [-0.3, -0.25) is 10.1 Å². The first kappa shape index (κ1) is 17.9. The molecule has 26 heavy (non-hydrogen) atoms. The Morgan fingerprint density at radius 2 is 1.73 bits per heavy atom. The second-order valence-electron chi connectivity index (χ2n) is 5.85. The highest BCUT2D eigenvalue weighted by atomic mass is 32.1. The number of nitrogens with zero attached hydrogens (tertiary/aromatic N) is 1. The number of nitrogens with one attached hydrogen (secondary N) is 1. The molecule has 3 rings (SSSR count). The Balaban J connectivity index is 1.70. The third-order valence-electron chi connectivity index (χ3n) is 3.89. The number of carbonyl (C=O) groups is 1. The first-order chi connectivity index (χ1) is 12.6. The maximum absolute atomic E-state index is 12.5. The molecule has 2 aromatic carbocycles. The summed E-state index contributed by atoms with van der Waals surface area (Å²) in [4.78, 5) is 17.9. The Kier molecular flexibility index (Phi) is 5.53. The number of aromatic nitrogens is 1. The lowest BCUT2D eigenvalue weighted by atomic mass is 10.1. The smallest absolute Gasteiger partial charge is 0.257 e. The number of anilines is 1. The van der Waals surface area contributed by atoms with Crippen LogP contribution in [0.25, 0.3) is 0 Å². The SMILES string of the molecule is COc1cc(OC)cc(C(=O)Nc2ncc(Cc3ccc(C)cc3)s2)c1. The summed E-state index contributed by atoms with van der Waals surface area (Å²) in [6.07, 6.45) is 2.59. The molecule has 0 atom stereocenters. The number of methoxy groups -OCH3 is 2. The minimum Gasteiger partial charge on any atom is -0.497 e. The topological polar surface area (TPSA) is 60.5 Å². The lowest BCUT2D eigenvalue weighted by molar-refractivity contribution is 0.102. The van der Waals surface area contributed by atoms with Gasteiger partial charge in [-0.1, -0.05) is 29.8 Å². The predicted octanol–water partition coefficient (Wildman–Crippen LogP) is 4.31. The number of amides is 1. The van der Waals surface area contributed by atoms with E-state index in [1.165, 1.54) is 22.5 Å². The van der Waals surface area contributed by atoms with Gasteiger partial charge in [0.05, 0.1) is 14.2 Å². The highest BCUT2D eigenvalue weighted by molar-refractivity contribution is 7.15. The van der Waals surface area contributed by atoms with E-state index in [0.29, 0.717) is 22.2 Å². The molecular formula is C20H20N2O3S. The van der Waals surface area contributed by atoms with Crippen LogP contribution in [-0.2, 0) is 6.42 Å². The molecule has 6 heteroatoms. The summed E-state index contributed by atoms with van der Waals surface area (Å²) in [5.74, 6) is 0.876. The number of carbonyl (C=O) groups excluding carboxylic acids is 1. The van der Waals surface area contributed by atoms with Gasteiger partial charge in [0.1, 0.15) is 11.5 Å². The van der Waals surface area contributed by atoms with Gasteiger partial charge in [-0.25, -0.2) is 4.98 Å². The van der Waals surface area contributed by atoms with Crippen LogP contribution in [0.5, 0.6) is 11.5 Å². The minimum absolute atomic E-state index is 0.251. The quantitative estimate of drug-likeness (QED) is 0.704. The van der Waals surface area contributed by atoms with E-state index in [1.54, 1.807) is 38.6 Å². The number of hydrogen-bond donors (Lipinski definition) is 1. The maximum atomic E-state index is 12.5. The molecule has 0 saturated carbocycles. The fourth-order valence-corrected chi connectivity index (χ4v) is 3.30. The zero-order valence-electron chi connectivity index (χ0n) is 14.9. The molecule has 1 heterocycles. The standard InChI is InChI=1S/C20H20N2O3S/c1-13-4-6-14(7-5-13)8-18-12-21-20(26-18)22-19(23)15-9-16(24-2)11-17(10-15)25-3/h4-7,9-12H,8H2,1-3H3,(H,21,22,23). The van der Waals surface area contributed by atoms with Gasteiger partial charge < -0.3 is 9.47 Å². The summed E-state index contributed by atoms with van der Waals surface area (Å²) in [5, 5.41) is 3.40. The first-order valence-electron chi connectivity index (χ1n) is 8.12. The second kappa shape index (κ2) is 8.01. The summed E-state index contributed by atoms with van der Waals surface area (Å²) in [7, 11) is 3.10. The largest absolute Gasteiger partial charge is 0.497 e. The lowest BCUT2D eigenvalue weighted by Crippen LogP contribution is -2.11. The van der Waals surface area contributed by atoms with Gasteiger partial charge in [-0.05, 0) is 24.6 Å². The fraction of sp³-hybridized carbons (Fsp3) is 0.200. The molecule has 0 unspecified atom stereocenters. The van der Waals surface area contributed by atoms with Crippen molar-refractivity contribution in [1.29, 1.82) is 0 Å². The highest BCUT2D eigenvalue weighted by Gasteiger charge is 2.12. The van der Waals surface area contributed by atoms with Gasteiger partial charge in [-0.15, -0.1) is 11.3 Å². The molecule has 0 bridgehead atoms. The molecule has 0 aliphatic heterocycles. The average molecular weight is 368 g/mol. The molecule has 0 aliphatic rings. The summed E-state index contributed by atoms with van der Waals surface area (Å²) >= 11 is 1.47. The zero-order chi connectivity index (χ0) is 18.5. The molecule has 0 saturated heterocycles. The van der Waals surface area contributed by atoms with Crippen LogP contribution in [0.1, 0.15) is 26.4 Å². The highest BCUT2D eigenvalue weighted by Crippen LogP contribution is 2.25. The number of benzene rings is 2. The van der Waals surface area contributed by atoms with Crippen LogP contribution in [0.4, 0.5) is 5.13 Å². The maximum Gasteiger partial charge on any atom is 0.257 e.